The van der Waals surface area contributed by atoms with Gasteiger partial charge in [-0.1, -0.05) is 93.6 Å². The zero-order chi connectivity index (χ0) is 23.5. The second-order valence-electron chi connectivity index (χ2n) is 10.0. The van der Waals surface area contributed by atoms with Crippen LogP contribution in [0.4, 0.5) is 5.82 Å². The fourth-order valence-electron chi connectivity index (χ4n) is 4.44. The zero-order valence-electron chi connectivity index (χ0n) is 20.4. The monoisotopic (exact) mass is 451 g/mol. The Morgan fingerprint density at radius 1 is 0.882 bits per heavy atom. The Hall–Kier alpha value is -3.44. The number of hydrogen-bond donors (Lipinski definition) is 0. The van der Waals surface area contributed by atoms with E-state index in [1.54, 1.807) is 0 Å². The molecular weight excluding hydrogens is 418 g/mol. The van der Waals surface area contributed by atoms with Crippen LogP contribution >= 0.6 is 0 Å². The Kier molecular flexibility index (Phi) is 6.20. The number of hydrogen-bond acceptors (Lipinski definition) is 4. The van der Waals surface area contributed by atoms with Gasteiger partial charge in [-0.25, -0.2) is 4.98 Å². The van der Waals surface area contributed by atoms with Crippen LogP contribution in [0.3, 0.4) is 0 Å². The highest BCUT2D eigenvalue weighted by Gasteiger charge is 2.25. The van der Waals surface area contributed by atoms with Gasteiger partial charge in [0.15, 0.2) is 5.65 Å². The first kappa shape index (κ1) is 22.4. The molecule has 0 unspecified atom stereocenters. The van der Waals surface area contributed by atoms with Gasteiger partial charge >= 0.3 is 0 Å². The summed E-state index contributed by atoms with van der Waals surface area (Å²) in [6, 6.07) is 23.2. The van der Waals surface area contributed by atoms with E-state index in [4.69, 9.17) is 10.1 Å². The van der Waals surface area contributed by atoms with Crippen LogP contribution < -0.4 is 4.90 Å². The van der Waals surface area contributed by atoms with Crippen molar-refractivity contribution in [2.24, 2.45) is 0 Å². The quantitative estimate of drug-likeness (QED) is 0.400. The lowest BCUT2D eigenvalue weighted by Gasteiger charge is -2.36. The van der Waals surface area contributed by atoms with Crippen LogP contribution in [-0.4, -0.2) is 52.2 Å². The van der Waals surface area contributed by atoms with Crippen molar-refractivity contribution in [3.05, 3.63) is 90.3 Å². The topological polar surface area (TPSA) is 36.7 Å². The summed E-state index contributed by atoms with van der Waals surface area (Å²) >= 11 is 0. The first-order valence-corrected chi connectivity index (χ1v) is 12.1. The van der Waals surface area contributed by atoms with Gasteiger partial charge in [-0.2, -0.15) is 9.61 Å². The van der Waals surface area contributed by atoms with Gasteiger partial charge in [-0.3, -0.25) is 4.90 Å². The molecule has 1 aliphatic heterocycles. The minimum absolute atomic E-state index is 0.0429. The minimum atomic E-state index is -0.0429. The van der Waals surface area contributed by atoms with Crippen molar-refractivity contribution >= 4 is 17.5 Å². The highest BCUT2D eigenvalue weighted by atomic mass is 15.4. The van der Waals surface area contributed by atoms with E-state index in [1.807, 2.05) is 16.8 Å². The smallest absolute Gasteiger partial charge is 0.165 e. The SMILES string of the molecule is CC(C)(C)c1cc(N2CCN(CC=Cc3ccccc3)CC2)n2ncc(-c3ccccc3)c2n1. The van der Waals surface area contributed by atoms with Crippen molar-refractivity contribution in [2.45, 2.75) is 26.2 Å². The van der Waals surface area contributed by atoms with Crippen LogP contribution in [0.1, 0.15) is 32.0 Å². The van der Waals surface area contributed by atoms with Gasteiger partial charge in [0.1, 0.15) is 5.82 Å². The molecule has 5 nitrogen and oxygen atoms in total. The van der Waals surface area contributed by atoms with Crippen LogP contribution in [0, 0.1) is 0 Å². The molecule has 2 aromatic carbocycles. The van der Waals surface area contributed by atoms with Crippen LogP contribution in [0.5, 0.6) is 0 Å². The Morgan fingerprint density at radius 2 is 1.56 bits per heavy atom. The number of piperazine rings is 1. The number of benzene rings is 2. The van der Waals surface area contributed by atoms with Crippen LogP contribution in [0.25, 0.3) is 22.9 Å². The molecule has 0 aliphatic carbocycles. The van der Waals surface area contributed by atoms with E-state index in [9.17, 15) is 0 Å². The van der Waals surface area contributed by atoms with Crippen molar-refractivity contribution < 1.29 is 0 Å². The highest BCUT2D eigenvalue weighted by Crippen LogP contribution is 2.31. The summed E-state index contributed by atoms with van der Waals surface area (Å²) in [5.74, 6) is 1.14. The van der Waals surface area contributed by atoms with Crippen molar-refractivity contribution in [2.75, 3.05) is 37.6 Å². The number of aromatic nitrogens is 3. The number of nitrogens with zero attached hydrogens (tertiary/aromatic N) is 5. The lowest BCUT2D eigenvalue weighted by atomic mass is 9.91. The van der Waals surface area contributed by atoms with E-state index in [0.717, 1.165) is 61.0 Å². The van der Waals surface area contributed by atoms with Crippen molar-refractivity contribution in [1.29, 1.82) is 0 Å². The van der Waals surface area contributed by atoms with Crippen molar-refractivity contribution in [3.63, 3.8) is 0 Å². The van der Waals surface area contributed by atoms with E-state index in [1.165, 1.54) is 5.56 Å². The molecule has 2 aromatic heterocycles. The zero-order valence-corrected chi connectivity index (χ0v) is 20.4. The fraction of sp³-hybridized carbons (Fsp3) is 0.310. The lowest BCUT2D eigenvalue weighted by molar-refractivity contribution is 0.283. The van der Waals surface area contributed by atoms with E-state index >= 15 is 0 Å². The Labute approximate surface area is 202 Å². The predicted molar refractivity (Wildman–Crippen MR) is 141 cm³/mol. The summed E-state index contributed by atoms with van der Waals surface area (Å²) in [5, 5.41) is 4.78. The first-order chi connectivity index (χ1) is 16.5. The molecule has 0 radical (unpaired) electrons. The molecule has 0 amide bonds. The van der Waals surface area contributed by atoms with Crippen molar-refractivity contribution in [1.82, 2.24) is 19.5 Å². The van der Waals surface area contributed by atoms with E-state index < -0.39 is 0 Å². The molecule has 1 saturated heterocycles. The molecule has 5 rings (SSSR count). The van der Waals surface area contributed by atoms with E-state index in [2.05, 4.69) is 103 Å². The lowest BCUT2D eigenvalue weighted by Crippen LogP contribution is -2.47. The largest absolute Gasteiger partial charge is 0.354 e. The molecule has 174 valence electrons. The summed E-state index contributed by atoms with van der Waals surface area (Å²) in [7, 11) is 0. The third-order valence-corrected chi connectivity index (χ3v) is 6.48. The highest BCUT2D eigenvalue weighted by molar-refractivity contribution is 5.78. The van der Waals surface area contributed by atoms with Gasteiger partial charge in [0.2, 0.25) is 0 Å². The summed E-state index contributed by atoms with van der Waals surface area (Å²) in [6.45, 7) is 11.7. The maximum atomic E-state index is 5.08. The third-order valence-electron chi connectivity index (χ3n) is 6.48. The van der Waals surface area contributed by atoms with Gasteiger partial charge in [0.25, 0.3) is 0 Å². The molecule has 0 N–H and O–H groups in total. The van der Waals surface area contributed by atoms with Gasteiger partial charge in [-0.15, -0.1) is 0 Å². The maximum absolute atomic E-state index is 5.08. The molecule has 0 spiro atoms. The maximum Gasteiger partial charge on any atom is 0.165 e. The van der Waals surface area contributed by atoms with Crippen molar-refractivity contribution in [3.8, 4) is 11.1 Å². The average molecular weight is 452 g/mol. The summed E-state index contributed by atoms with van der Waals surface area (Å²) in [4.78, 5) is 10.0. The average Bonchev–Trinajstić information content (AvgIpc) is 3.29. The van der Waals surface area contributed by atoms with E-state index in [-0.39, 0.29) is 5.41 Å². The molecule has 3 heterocycles. The number of rotatable bonds is 5. The van der Waals surface area contributed by atoms with Crippen LogP contribution in [0.15, 0.2) is 79.0 Å². The Balaban J connectivity index is 1.38. The number of anilines is 1. The predicted octanol–water partition coefficient (Wildman–Crippen LogP) is 5.53. The fourth-order valence-corrected chi connectivity index (χ4v) is 4.44. The summed E-state index contributed by atoms with van der Waals surface area (Å²) < 4.78 is 2.03. The summed E-state index contributed by atoms with van der Waals surface area (Å²) in [5.41, 5.74) is 5.47. The Bertz CT molecular complexity index is 1260. The van der Waals surface area contributed by atoms with Gasteiger partial charge in [0.05, 0.1) is 11.9 Å². The van der Waals surface area contributed by atoms with Gasteiger partial charge in [0, 0.05) is 49.8 Å². The Morgan fingerprint density at radius 3 is 2.24 bits per heavy atom. The van der Waals surface area contributed by atoms with Gasteiger partial charge in [-0.05, 0) is 11.1 Å². The summed E-state index contributed by atoms with van der Waals surface area (Å²) in [6.07, 6.45) is 6.44. The molecule has 4 aromatic rings. The standard InChI is InChI=1S/C29H33N5/c1-29(2,3)26-21-27(34-28(31-26)25(22-30-34)24-14-8-5-9-15-24)33-19-17-32(18-20-33)16-10-13-23-11-6-4-7-12-23/h4-15,21-22H,16-20H2,1-3H3. The molecule has 34 heavy (non-hydrogen) atoms. The second-order valence-corrected chi connectivity index (χ2v) is 10.0. The van der Waals surface area contributed by atoms with E-state index in [0.29, 0.717) is 0 Å². The molecule has 0 atom stereocenters. The van der Waals surface area contributed by atoms with Gasteiger partial charge < -0.3 is 4.90 Å². The molecule has 0 bridgehead atoms. The van der Waals surface area contributed by atoms with Crippen LogP contribution in [0.2, 0.25) is 0 Å². The molecule has 1 fully saturated rings. The molecular formula is C29H33N5. The van der Waals surface area contributed by atoms with Crippen LogP contribution in [-0.2, 0) is 5.41 Å². The molecule has 0 saturated carbocycles. The second kappa shape index (κ2) is 9.43. The molecule has 1 aliphatic rings. The first-order valence-electron chi connectivity index (χ1n) is 12.1. The third kappa shape index (κ3) is 4.75. The molecule has 5 heteroatoms. The number of fused-ring (bicyclic) bond motifs is 1. The minimum Gasteiger partial charge on any atom is -0.354 e. The normalized spacial score (nSPS) is 15.4.